The van der Waals surface area contributed by atoms with E-state index in [1.54, 1.807) is 0 Å². The van der Waals surface area contributed by atoms with Gasteiger partial charge in [0.2, 0.25) is 5.91 Å². The van der Waals surface area contributed by atoms with Crippen LogP contribution in [0, 0.1) is 5.92 Å². The molecule has 1 fully saturated rings. The molecule has 1 rings (SSSR count). The molecule has 5 heteroatoms. The Bertz CT molecular complexity index is 257. The summed E-state index contributed by atoms with van der Waals surface area (Å²) in [5.74, 6) is -1.35. The third kappa shape index (κ3) is 2.23. The Morgan fingerprint density at radius 1 is 1.43 bits per heavy atom. The average Bonchev–Trinajstić information content (AvgIpc) is 1.97. The zero-order valence-electron chi connectivity index (χ0n) is 8.41. The number of amides is 1. The van der Waals surface area contributed by atoms with Crippen molar-refractivity contribution in [2.24, 2.45) is 11.7 Å². The van der Waals surface area contributed by atoms with Crippen LogP contribution in [0.1, 0.15) is 26.7 Å². The lowest BCUT2D eigenvalue weighted by Crippen LogP contribution is -2.54. The van der Waals surface area contributed by atoms with Crippen LogP contribution in [0.25, 0.3) is 0 Å². The molecule has 0 atom stereocenters. The van der Waals surface area contributed by atoms with Gasteiger partial charge in [0.05, 0.1) is 0 Å². The van der Waals surface area contributed by atoms with Crippen molar-refractivity contribution in [1.29, 1.82) is 0 Å². The number of carboxylic acids is 1. The van der Waals surface area contributed by atoms with Gasteiger partial charge in [0.25, 0.3) is 0 Å². The molecule has 0 spiro atoms. The van der Waals surface area contributed by atoms with Gasteiger partial charge in [-0.05, 0) is 26.7 Å². The van der Waals surface area contributed by atoms with Gasteiger partial charge in [-0.3, -0.25) is 4.79 Å². The highest BCUT2D eigenvalue weighted by Gasteiger charge is 2.36. The summed E-state index contributed by atoms with van der Waals surface area (Å²) in [5.41, 5.74) is 4.34. The molecular weight excluding hydrogens is 184 g/mol. The average molecular weight is 200 g/mol. The molecule has 1 aliphatic carbocycles. The van der Waals surface area contributed by atoms with E-state index in [1.807, 2.05) is 0 Å². The Morgan fingerprint density at radius 2 is 1.93 bits per heavy atom. The predicted molar refractivity (Wildman–Crippen MR) is 50.6 cm³/mol. The smallest absolute Gasteiger partial charge is 0.328 e. The molecule has 0 aromatic carbocycles. The molecule has 1 saturated carbocycles. The Hall–Kier alpha value is -1.10. The molecule has 4 N–H and O–H groups in total. The van der Waals surface area contributed by atoms with E-state index in [-0.39, 0.29) is 17.9 Å². The standard InChI is InChI=1S/C9H16N2O3/c1-9(2,8(13)14)11-7(12)5-3-6(10)4-5/h5-6H,3-4,10H2,1-2H3,(H,11,12)(H,13,14). The Labute approximate surface area is 82.7 Å². The van der Waals surface area contributed by atoms with Crippen LogP contribution in [0.15, 0.2) is 0 Å². The molecule has 80 valence electrons. The van der Waals surface area contributed by atoms with Gasteiger partial charge < -0.3 is 16.2 Å². The predicted octanol–water partition coefficient (Wildman–Crippen LogP) is -0.297. The van der Waals surface area contributed by atoms with E-state index in [4.69, 9.17) is 10.8 Å². The Morgan fingerprint density at radius 3 is 2.29 bits per heavy atom. The largest absolute Gasteiger partial charge is 0.480 e. The number of carboxylic acid groups (broad SMARTS) is 1. The number of rotatable bonds is 3. The van der Waals surface area contributed by atoms with E-state index in [0.29, 0.717) is 12.8 Å². The van der Waals surface area contributed by atoms with Crippen LogP contribution in [0.5, 0.6) is 0 Å². The van der Waals surface area contributed by atoms with Crippen molar-refractivity contribution in [3.05, 3.63) is 0 Å². The van der Waals surface area contributed by atoms with Crippen molar-refractivity contribution >= 4 is 11.9 Å². The molecule has 0 heterocycles. The maximum absolute atomic E-state index is 11.5. The quantitative estimate of drug-likeness (QED) is 0.583. The summed E-state index contributed by atoms with van der Waals surface area (Å²) >= 11 is 0. The Kier molecular flexibility index (Phi) is 2.80. The molecule has 14 heavy (non-hydrogen) atoms. The van der Waals surface area contributed by atoms with Gasteiger partial charge in [0.15, 0.2) is 0 Å². The third-order valence-electron chi connectivity index (χ3n) is 2.52. The lowest BCUT2D eigenvalue weighted by Gasteiger charge is -2.33. The molecule has 0 unspecified atom stereocenters. The fourth-order valence-electron chi connectivity index (χ4n) is 1.34. The topological polar surface area (TPSA) is 92.4 Å². The van der Waals surface area contributed by atoms with Gasteiger partial charge in [-0.2, -0.15) is 0 Å². The molecule has 0 aliphatic heterocycles. The monoisotopic (exact) mass is 200 g/mol. The summed E-state index contributed by atoms with van der Waals surface area (Å²) in [5, 5.41) is 11.3. The zero-order chi connectivity index (χ0) is 10.9. The molecule has 5 nitrogen and oxygen atoms in total. The first-order valence-corrected chi connectivity index (χ1v) is 4.64. The normalized spacial score (nSPS) is 26.5. The van der Waals surface area contributed by atoms with Gasteiger partial charge >= 0.3 is 5.97 Å². The van der Waals surface area contributed by atoms with Crippen LogP contribution in [0.3, 0.4) is 0 Å². The van der Waals surface area contributed by atoms with Gasteiger partial charge in [-0.15, -0.1) is 0 Å². The number of carbonyl (C=O) groups excluding carboxylic acids is 1. The van der Waals surface area contributed by atoms with Crippen molar-refractivity contribution < 1.29 is 14.7 Å². The minimum Gasteiger partial charge on any atom is -0.480 e. The van der Waals surface area contributed by atoms with E-state index in [1.165, 1.54) is 13.8 Å². The minimum absolute atomic E-state index is 0.0960. The fourth-order valence-corrected chi connectivity index (χ4v) is 1.34. The van der Waals surface area contributed by atoms with E-state index in [2.05, 4.69) is 5.32 Å². The molecule has 0 aromatic rings. The number of hydrogen-bond acceptors (Lipinski definition) is 3. The Balaban J connectivity index is 2.45. The molecule has 0 bridgehead atoms. The van der Waals surface area contributed by atoms with Gasteiger partial charge in [0.1, 0.15) is 5.54 Å². The second-order valence-electron chi connectivity index (χ2n) is 4.35. The van der Waals surface area contributed by atoms with Crippen LogP contribution in [-0.2, 0) is 9.59 Å². The summed E-state index contributed by atoms with van der Waals surface area (Å²) in [6, 6.07) is 0.0960. The maximum atomic E-state index is 11.5. The van der Waals surface area contributed by atoms with Crippen LogP contribution in [0.4, 0.5) is 0 Å². The van der Waals surface area contributed by atoms with Crippen molar-refractivity contribution in [1.82, 2.24) is 5.32 Å². The van der Waals surface area contributed by atoms with Crippen molar-refractivity contribution in [2.75, 3.05) is 0 Å². The first-order valence-electron chi connectivity index (χ1n) is 4.64. The van der Waals surface area contributed by atoms with Gasteiger partial charge in [-0.25, -0.2) is 4.79 Å². The van der Waals surface area contributed by atoms with Crippen LogP contribution < -0.4 is 11.1 Å². The second-order valence-corrected chi connectivity index (χ2v) is 4.35. The lowest BCUT2D eigenvalue weighted by atomic mass is 9.80. The fraction of sp³-hybridized carbons (Fsp3) is 0.778. The first-order chi connectivity index (χ1) is 6.33. The highest BCUT2D eigenvalue weighted by molar-refractivity contribution is 5.87. The van der Waals surface area contributed by atoms with Crippen LogP contribution >= 0.6 is 0 Å². The summed E-state index contributed by atoms with van der Waals surface area (Å²) in [7, 11) is 0. The summed E-state index contributed by atoms with van der Waals surface area (Å²) < 4.78 is 0. The molecule has 0 saturated heterocycles. The molecular formula is C9H16N2O3. The zero-order valence-corrected chi connectivity index (χ0v) is 8.41. The van der Waals surface area contributed by atoms with Crippen LogP contribution in [0.2, 0.25) is 0 Å². The lowest BCUT2D eigenvalue weighted by molar-refractivity contribution is -0.147. The summed E-state index contributed by atoms with van der Waals surface area (Å²) in [4.78, 5) is 22.2. The van der Waals surface area contributed by atoms with E-state index in [9.17, 15) is 9.59 Å². The minimum atomic E-state index is -1.20. The van der Waals surface area contributed by atoms with Gasteiger partial charge in [-0.1, -0.05) is 0 Å². The SMILES string of the molecule is CC(C)(NC(=O)C1CC(N)C1)C(=O)O. The van der Waals surface area contributed by atoms with Crippen LogP contribution in [-0.4, -0.2) is 28.6 Å². The first kappa shape index (κ1) is 11.0. The molecule has 1 amide bonds. The van der Waals surface area contributed by atoms with Crippen molar-refractivity contribution in [3.8, 4) is 0 Å². The maximum Gasteiger partial charge on any atom is 0.328 e. The molecule has 1 aliphatic rings. The van der Waals surface area contributed by atoms with E-state index >= 15 is 0 Å². The third-order valence-corrected chi connectivity index (χ3v) is 2.52. The summed E-state index contributed by atoms with van der Waals surface area (Å²) in [6.45, 7) is 2.93. The number of hydrogen-bond donors (Lipinski definition) is 3. The van der Waals surface area contributed by atoms with Gasteiger partial charge in [0, 0.05) is 12.0 Å². The van der Waals surface area contributed by atoms with Crippen molar-refractivity contribution in [2.45, 2.75) is 38.3 Å². The van der Waals surface area contributed by atoms with Crippen molar-refractivity contribution in [3.63, 3.8) is 0 Å². The molecule has 0 radical (unpaired) electrons. The number of nitrogens with two attached hydrogens (primary N) is 1. The number of aliphatic carboxylic acids is 1. The van der Waals surface area contributed by atoms with E-state index in [0.717, 1.165) is 0 Å². The number of carbonyl (C=O) groups is 2. The molecule has 0 aromatic heterocycles. The highest BCUT2D eigenvalue weighted by atomic mass is 16.4. The van der Waals surface area contributed by atoms with E-state index < -0.39 is 11.5 Å². The second kappa shape index (κ2) is 3.57. The number of nitrogens with one attached hydrogen (secondary N) is 1. The highest BCUT2D eigenvalue weighted by Crippen LogP contribution is 2.26. The summed E-state index contributed by atoms with van der Waals surface area (Å²) in [6.07, 6.45) is 1.31.